The Hall–Kier alpha value is -0.310. The summed E-state index contributed by atoms with van der Waals surface area (Å²) in [4.78, 5) is 0. The molecule has 0 saturated carbocycles. The number of hydrogen-bond donors (Lipinski definition) is 1. The van der Waals surface area contributed by atoms with Gasteiger partial charge in [0, 0.05) is 5.71 Å². The molecule has 0 bridgehead atoms. The smallest absolute Gasteiger partial charge is 0.104 e. The number of thiol groups is 1. The molecular weight excluding hydrogens is 132 g/mol. The molecule has 0 saturated heterocycles. The van der Waals surface area contributed by atoms with Crippen LogP contribution in [0.2, 0.25) is 0 Å². The molecule has 1 aliphatic rings. The van der Waals surface area contributed by atoms with E-state index >= 15 is 0 Å². The van der Waals surface area contributed by atoms with Gasteiger partial charge < -0.3 is 0 Å². The van der Waals surface area contributed by atoms with E-state index in [1.807, 2.05) is 6.92 Å². The summed E-state index contributed by atoms with van der Waals surface area (Å²) in [7, 11) is 0. The molecule has 0 atom stereocenters. The van der Waals surface area contributed by atoms with Crippen LogP contribution in [0.15, 0.2) is 10.2 Å². The van der Waals surface area contributed by atoms with Gasteiger partial charge in [-0.25, -0.2) is 0 Å². The van der Waals surface area contributed by atoms with Gasteiger partial charge >= 0.3 is 0 Å². The average Bonchev–Trinajstić information content (AvgIpc) is 1.96. The largest absolute Gasteiger partial charge is 0.159 e. The van der Waals surface area contributed by atoms with E-state index < -0.39 is 0 Å². The first-order valence-corrected chi connectivity index (χ1v) is 3.32. The topological polar surface area (TPSA) is 24.7 Å². The molecule has 0 aromatic carbocycles. The minimum atomic E-state index is -0.0247. The van der Waals surface area contributed by atoms with Crippen molar-refractivity contribution in [2.24, 2.45) is 15.6 Å². The fraction of sp³-hybridized carbons (Fsp3) is 0.667. The molecule has 2 nitrogen and oxygen atoms in total. The lowest BCUT2D eigenvalue weighted by atomic mass is 9.90. The van der Waals surface area contributed by atoms with Gasteiger partial charge in [0.05, 0.1) is 5.41 Å². The summed E-state index contributed by atoms with van der Waals surface area (Å²) in [5.41, 5.74) is 1.01. The molecule has 50 valence electrons. The van der Waals surface area contributed by atoms with Crippen molar-refractivity contribution in [3.05, 3.63) is 0 Å². The van der Waals surface area contributed by atoms with Crippen LogP contribution in [0, 0.1) is 5.41 Å². The minimum Gasteiger partial charge on any atom is -0.159 e. The molecule has 0 aromatic rings. The van der Waals surface area contributed by atoms with Gasteiger partial charge in [0.1, 0.15) is 5.04 Å². The van der Waals surface area contributed by atoms with Crippen molar-refractivity contribution in [3.63, 3.8) is 0 Å². The van der Waals surface area contributed by atoms with Crippen LogP contribution < -0.4 is 0 Å². The number of hydrogen-bond acceptors (Lipinski definition) is 2. The maximum Gasteiger partial charge on any atom is 0.104 e. The van der Waals surface area contributed by atoms with Crippen LogP contribution in [-0.4, -0.2) is 10.8 Å². The van der Waals surface area contributed by atoms with Crippen molar-refractivity contribution < 1.29 is 0 Å². The molecule has 0 N–H and O–H groups in total. The van der Waals surface area contributed by atoms with E-state index in [2.05, 4.69) is 36.7 Å². The summed E-state index contributed by atoms with van der Waals surface area (Å²) < 4.78 is 0. The number of nitrogens with zero attached hydrogens (tertiary/aromatic N) is 2. The Bertz CT molecular complexity index is 171. The van der Waals surface area contributed by atoms with Crippen molar-refractivity contribution in [2.75, 3.05) is 0 Å². The Morgan fingerprint density at radius 2 is 1.89 bits per heavy atom. The second kappa shape index (κ2) is 1.84. The lowest BCUT2D eigenvalue weighted by Gasteiger charge is -2.15. The molecule has 1 rings (SSSR count). The van der Waals surface area contributed by atoms with Gasteiger partial charge in [-0.1, -0.05) is 0 Å². The standard InChI is InChI=1S/C6H10N2S/c1-4-6(2,3)5(9)8-7-4/h1-3H3,(H,8,9). The van der Waals surface area contributed by atoms with Crippen LogP contribution in [0.4, 0.5) is 0 Å². The third kappa shape index (κ3) is 0.894. The second-order valence-electron chi connectivity index (χ2n) is 2.73. The zero-order chi connectivity index (χ0) is 7.07. The van der Waals surface area contributed by atoms with E-state index in [0.717, 1.165) is 10.8 Å². The van der Waals surface area contributed by atoms with Crippen LogP contribution in [0.1, 0.15) is 20.8 Å². The minimum absolute atomic E-state index is 0.0247. The van der Waals surface area contributed by atoms with E-state index in [1.165, 1.54) is 0 Å². The van der Waals surface area contributed by atoms with E-state index in [0.29, 0.717) is 0 Å². The highest BCUT2D eigenvalue weighted by Gasteiger charge is 2.30. The maximum atomic E-state index is 4.17. The summed E-state index contributed by atoms with van der Waals surface area (Å²) in [5, 5.41) is 8.54. The van der Waals surface area contributed by atoms with Gasteiger partial charge in [-0.3, -0.25) is 0 Å². The van der Waals surface area contributed by atoms with Crippen LogP contribution in [0.5, 0.6) is 0 Å². The Balaban J connectivity index is 2.96. The molecule has 1 heterocycles. The predicted molar refractivity (Wildman–Crippen MR) is 43.3 cm³/mol. The molecular formula is C6H10N2S. The third-order valence-corrected chi connectivity index (χ3v) is 2.41. The Kier molecular flexibility index (Phi) is 1.39. The molecule has 0 fully saturated rings. The Labute approximate surface area is 60.5 Å². The summed E-state index contributed by atoms with van der Waals surface area (Å²) in [6.07, 6.45) is 0. The summed E-state index contributed by atoms with van der Waals surface area (Å²) in [5.74, 6) is 0. The van der Waals surface area contributed by atoms with Gasteiger partial charge in [-0.05, 0) is 20.8 Å². The highest BCUT2D eigenvalue weighted by molar-refractivity contribution is 7.97. The lowest BCUT2D eigenvalue weighted by molar-refractivity contribution is 0.752. The first kappa shape index (κ1) is 6.81. The van der Waals surface area contributed by atoms with Crippen LogP contribution in [0.25, 0.3) is 0 Å². The van der Waals surface area contributed by atoms with Crippen molar-refractivity contribution in [1.29, 1.82) is 0 Å². The first-order valence-electron chi connectivity index (χ1n) is 2.87. The van der Waals surface area contributed by atoms with E-state index in [4.69, 9.17) is 0 Å². The summed E-state index contributed by atoms with van der Waals surface area (Å²) >= 11 is 4.17. The van der Waals surface area contributed by atoms with Crippen LogP contribution >= 0.6 is 12.6 Å². The monoisotopic (exact) mass is 142 g/mol. The first-order chi connectivity index (χ1) is 4.05. The Morgan fingerprint density at radius 1 is 1.33 bits per heavy atom. The molecule has 0 spiro atoms. The van der Waals surface area contributed by atoms with Crippen molar-refractivity contribution >= 4 is 23.4 Å². The molecule has 0 amide bonds. The quantitative estimate of drug-likeness (QED) is 0.498. The molecule has 0 radical (unpaired) electrons. The normalized spacial score (nSPS) is 23.6. The predicted octanol–water partition coefficient (Wildman–Crippen LogP) is 1.73. The lowest BCUT2D eigenvalue weighted by Crippen LogP contribution is -2.24. The van der Waals surface area contributed by atoms with E-state index in [9.17, 15) is 0 Å². The molecule has 1 aliphatic heterocycles. The van der Waals surface area contributed by atoms with Crippen LogP contribution in [0.3, 0.4) is 0 Å². The third-order valence-electron chi connectivity index (χ3n) is 1.76. The van der Waals surface area contributed by atoms with Crippen molar-refractivity contribution in [1.82, 2.24) is 0 Å². The van der Waals surface area contributed by atoms with E-state index in [1.54, 1.807) is 0 Å². The highest BCUT2D eigenvalue weighted by Crippen LogP contribution is 2.26. The molecule has 3 heteroatoms. The van der Waals surface area contributed by atoms with Crippen molar-refractivity contribution in [2.45, 2.75) is 20.8 Å². The molecule has 0 unspecified atom stereocenters. The van der Waals surface area contributed by atoms with Crippen LogP contribution in [-0.2, 0) is 0 Å². The summed E-state index contributed by atoms with van der Waals surface area (Å²) in [6.45, 7) is 6.09. The SMILES string of the molecule is CC1=NN=C(S)C1(C)C. The molecule has 0 aromatic heterocycles. The maximum absolute atomic E-state index is 4.17. The van der Waals surface area contributed by atoms with Gasteiger partial charge in [-0.15, -0.1) is 17.7 Å². The van der Waals surface area contributed by atoms with Gasteiger partial charge in [-0.2, -0.15) is 5.10 Å². The second-order valence-corrected chi connectivity index (χ2v) is 3.16. The fourth-order valence-corrected chi connectivity index (χ4v) is 0.741. The average molecular weight is 142 g/mol. The van der Waals surface area contributed by atoms with Crippen molar-refractivity contribution in [3.8, 4) is 0 Å². The van der Waals surface area contributed by atoms with Gasteiger partial charge in [0.2, 0.25) is 0 Å². The van der Waals surface area contributed by atoms with Gasteiger partial charge in [0.25, 0.3) is 0 Å². The molecule has 0 aliphatic carbocycles. The summed E-state index contributed by atoms with van der Waals surface area (Å²) in [6, 6.07) is 0. The Morgan fingerprint density at radius 3 is 2.00 bits per heavy atom. The zero-order valence-electron chi connectivity index (χ0n) is 5.84. The zero-order valence-corrected chi connectivity index (χ0v) is 6.74. The fourth-order valence-electron chi connectivity index (χ4n) is 0.534. The number of rotatable bonds is 0. The highest BCUT2D eigenvalue weighted by atomic mass is 32.1. The van der Waals surface area contributed by atoms with E-state index in [-0.39, 0.29) is 5.41 Å². The molecule has 9 heavy (non-hydrogen) atoms. The van der Waals surface area contributed by atoms with Gasteiger partial charge in [0.15, 0.2) is 0 Å².